The quantitative estimate of drug-likeness (QED) is 0.436. The van der Waals surface area contributed by atoms with Gasteiger partial charge in [0.25, 0.3) is 0 Å². The molecule has 4 rings (SSSR count). The zero-order valence-electron chi connectivity index (χ0n) is 16.2. The Morgan fingerprint density at radius 1 is 1.14 bits per heavy atom. The van der Waals surface area contributed by atoms with Gasteiger partial charge in [0.2, 0.25) is 5.78 Å². The van der Waals surface area contributed by atoms with Gasteiger partial charge >= 0.3 is 5.97 Å². The Labute approximate surface area is 163 Å². The summed E-state index contributed by atoms with van der Waals surface area (Å²) in [6, 6.07) is 10.8. The minimum atomic E-state index is -0.243. The highest BCUT2D eigenvalue weighted by Crippen LogP contribution is 2.48. The van der Waals surface area contributed by atoms with Gasteiger partial charge in [-0.25, -0.2) is 0 Å². The Bertz CT molecular complexity index is 986. The average molecular weight is 378 g/mol. The lowest BCUT2D eigenvalue weighted by Crippen LogP contribution is -2.21. The number of esters is 1. The second-order valence-electron chi connectivity index (χ2n) is 7.54. The second-order valence-corrected chi connectivity index (χ2v) is 7.54. The number of carbonyl (C=O) groups is 2. The molecule has 2 aliphatic rings. The third-order valence-corrected chi connectivity index (χ3v) is 5.06. The first kappa shape index (κ1) is 18.3. The van der Waals surface area contributed by atoms with Crippen LogP contribution in [0.5, 0.6) is 17.2 Å². The lowest BCUT2D eigenvalue weighted by Gasteiger charge is -2.27. The molecule has 0 saturated heterocycles. The minimum absolute atomic E-state index is 0.0235. The van der Waals surface area contributed by atoms with Gasteiger partial charge in [-0.2, -0.15) is 0 Å². The van der Waals surface area contributed by atoms with E-state index in [0.29, 0.717) is 35.2 Å². The first-order valence-corrected chi connectivity index (χ1v) is 9.42. The highest BCUT2D eigenvalue weighted by Gasteiger charge is 2.38. The molecule has 0 amide bonds. The molecular weight excluding hydrogens is 356 g/mol. The first-order valence-electron chi connectivity index (χ1n) is 9.42. The van der Waals surface area contributed by atoms with Gasteiger partial charge in [-0.05, 0) is 36.6 Å². The van der Waals surface area contributed by atoms with E-state index in [4.69, 9.17) is 14.2 Å². The van der Waals surface area contributed by atoms with Gasteiger partial charge in [-0.1, -0.05) is 32.0 Å². The maximum absolute atomic E-state index is 12.9. The third-order valence-electron chi connectivity index (χ3n) is 5.06. The van der Waals surface area contributed by atoms with Crippen LogP contribution in [0.15, 0.2) is 42.2 Å². The fraction of sp³-hybridized carbons (Fsp3) is 0.304. The van der Waals surface area contributed by atoms with E-state index in [2.05, 4.69) is 13.8 Å². The second kappa shape index (κ2) is 7.15. The average Bonchev–Trinajstić information content (AvgIpc) is 2.97. The fourth-order valence-corrected chi connectivity index (χ4v) is 3.89. The molecule has 0 aliphatic carbocycles. The van der Waals surface area contributed by atoms with Gasteiger partial charge in [0.15, 0.2) is 5.76 Å². The van der Waals surface area contributed by atoms with E-state index in [1.54, 1.807) is 25.3 Å². The van der Waals surface area contributed by atoms with Crippen LogP contribution in [-0.4, -0.2) is 18.9 Å². The zero-order valence-corrected chi connectivity index (χ0v) is 16.2. The van der Waals surface area contributed by atoms with Crippen LogP contribution in [0.25, 0.3) is 6.08 Å². The molecule has 0 aromatic heterocycles. The van der Waals surface area contributed by atoms with Crippen molar-refractivity contribution >= 4 is 17.8 Å². The van der Waals surface area contributed by atoms with E-state index in [1.165, 1.54) is 0 Å². The molecule has 2 aliphatic heterocycles. The summed E-state index contributed by atoms with van der Waals surface area (Å²) in [5, 5.41) is 0. The van der Waals surface area contributed by atoms with Crippen LogP contribution in [0.4, 0.5) is 0 Å². The van der Waals surface area contributed by atoms with Crippen molar-refractivity contribution < 1.29 is 23.8 Å². The van der Waals surface area contributed by atoms with E-state index in [-0.39, 0.29) is 23.4 Å². The highest BCUT2D eigenvalue weighted by atomic mass is 16.5. The van der Waals surface area contributed by atoms with Crippen molar-refractivity contribution in [1.29, 1.82) is 0 Å². The molecule has 1 atom stereocenters. The van der Waals surface area contributed by atoms with Crippen LogP contribution in [0.3, 0.4) is 0 Å². The summed E-state index contributed by atoms with van der Waals surface area (Å²) in [7, 11) is 1.59. The van der Waals surface area contributed by atoms with Crippen LogP contribution >= 0.6 is 0 Å². The lowest BCUT2D eigenvalue weighted by molar-refractivity contribution is -0.136. The summed E-state index contributed by atoms with van der Waals surface area (Å²) in [6.07, 6.45) is 2.81. The summed E-state index contributed by atoms with van der Waals surface area (Å²) in [5.41, 5.74) is 2.09. The van der Waals surface area contributed by atoms with Crippen LogP contribution in [-0.2, 0) is 4.79 Å². The van der Waals surface area contributed by atoms with E-state index in [0.717, 1.165) is 17.5 Å². The van der Waals surface area contributed by atoms with Gasteiger partial charge in [0, 0.05) is 17.0 Å². The minimum Gasteiger partial charge on any atom is -0.496 e. The standard InChI is InChI=1S/C23H22O5/c1-13(2)10-15-12-20(24)27-18-9-8-16-22(25)19(28-23(16)21(15)18)11-14-6-4-5-7-17(14)26-3/h4-9,11,13,15H,10,12H2,1-3H3. The summed E-state index contributed by atoms with van der Waals surface area (Å²) in [4.78, 5) is 24.9. The Balaban J connectivity index is 1.77. The number of hydrogen-bond acceptors (Lipinski definition) is 5. The van der Waals surface area contributed by atoms with Gasteiger partial charge in [0.1, 0.15) is 17.2 Å². The number of allylic oxidation sites excluding steroid dienone is 1. The van der Waals surface area contributed by atoms with Crippen molar-refractivity contribution in [3.05, 3.63) is 58.8 Å². The number of rotatable bonds is 4. The number of Topliss-reactive ketones (excluding diaryl/α,β-unsaturated/α-hetero) is 1. The van der Waals surface area contributed by atoms with Crippen molar-refractivity contribution in [2.75, 3.05) is 7.11 Å². The molecular formula is C23H22O5. The van der Waals surface area contributed by atoms with E-state index in [9.17, 15) is 9.59 Å². The molecule has 144 valence electrons. The van der Waals surface area contributed by atoms with Gasteiger partial charge in [0.05, 0.1) is 19.1 Å². The van der Waals surface area contributed by atoms with Crippen LogP contribution < -0.4 is 14.2 Å². The monoisotopic (exact) mass is 378 g/mol. The molecule has 2 aromatic rings. The molecule has 2 heterocycles. The first-order chi connectivity index (χ1) is 13.5. The Hall–Kier alpha value is -3.08. The Kier molecular flexibility index (Phi) is 4.67. The molecule has 0 radical (unpaired) electrons. The lowest BCUT2D eigenvalue weighted by atomic mass is 9.84. The number of ketones is 1. The van der Waals surface area contributed by atoms with Crippen LogP contribution in [0.2, 0.25) is 0 Å². The molecule has 0 bridgehead atoms. The predicted molar refractivity (Wildman–Crippen MR) is 105 cm³/mol. The maximum atomic E-state index is 12.9. The number of carbonyl (C=O) groups excluding carboxylic acids is 2. The molecule has 28 heavy (non-hydrogen) atoms. The molecule has 2 aromatic carbocycles. The zero-order chi connectivity index (χ0) is 19.8. The normalized spacial score (nSPS) is 19.3. The van der Waals surface area contributed by atoms with Gasteiger partial charge in [-0.15, -0.1) is 0 Å². The number of para-hydroxylation sites is 1. The van der Waals surface area contributed by atoms with Crippen molar-refractivity contribution in [3.8, 4) is 17.2 Å². The Morgan fingerprint density at radius 2 is 1.93 bits per heavy atom. The number of fused-ring (bicyclic) bond motifs is 3. The Morgan fingerprint density at radius 3 is 2.68 bits per heavy atom. The number of ether oxygens (including phenoxy) is 3. The smallest absolute Gasteiger partial charge is 0.311 e. The fourth-order valence-electron chi connectivity index (χ4n) is 3.89. The summed E-state index contributed by atoms with van der Waals surface area (Å²) >= 11 is 0. The number of benzene rings is 2. The van der Waals surface area contributed by atoms with Gasteiger partial charge in [-0.3, -0.25) is 9.59 Å². The van der Waals surface area contributed by atoms with Crippen molar-refractivity contribution in [1.82, 2.24) is 0 Å². The molecule has 1 unspecified atom stereocenters. The van der Waals surface area contributed by atoms with E-state index >= 15 is 0 Å². The van der Waals surface area contributed by atoms with Crippen LogP contribution in [0, 0.1) is 5.92 Å². The summed E-state index contributed by atoms with van der Waals surface area (Å²) < 4.78 is 16.8. The molecule has 0 fully saturated rings. The number of hydrogen-bond donors (Lipinski definition) is 0. The van der Waals surface area contributed by atoms with Crippen molar-refractivity contribution in [2.45, 2.75) is 32.6 Å². The maximum Gasteiger partial charge on any atom is 0.311 e. The van der Waals surface area contributed by atoms with Crippen molar-refractivity contribution in [2.24, 2.45) is 5.92 Å². The predicted octanol–water partition coefficient (Wildman–Crippen LogP) is 4.75. The molecule has 5 heteroatoms. The van der Waals surface area contributed by atoms with Crippen LogP contribution in [0.1, 0.15) is 54.1 Å². The van der Waals surface area contributed by atoms with Crippen molar-refractivity contribution in [3.63, 3.8) is 0 Å². The SMILES string of the molecule is COc1ccccc1C=C1Oc2c(ccc3c2C(CC(C)C)CC(=O)O3)C1=O. The molecule has 0 saturated carbocycles. The highest BCUT2D eigenvalue weighted by molar-refractivity contribution is 6.15. The topological polar surface area (TPSA) is 61.8 Å². The molecule has 0 N–H and O–H groups in total. The molecule has 5 nitrogen and oxygen atoms in total. The largest absolute Gasteiger partial charge is 0.496 e. The molecule has 0 spiro atoms. The van der Waals surface area contributed by atoms with Gasteiger partial charge < -0.3 is 14.2 Å². The number of methoxy groups -OCH3 is 1. The summed E-state index contributed by atoms with van der Waals surface area (Å²) in [6.45, 7) is 4.23. The summed E-state index contributed by atoms with van der Waals surface area (Å²) in [5.74, 6) is 1.87. The van der Waals surface area contributed by atoms with E-state index < -0.39 is 0 Å². The van der Waals surface area contributed by atoms with E-state index in [1.807, 2.05) is 24.3 Å². The third kappa shape index (κ3) is 3.17.